The molecule has 0 saturated carbocycles. The van der Waals surface area contributed by atoms with Crippen LogP contribution in [-0.2, 0) is 5.75 Å². The predicted molar refractivity (Wildman–Crippen MR) is 74.6 cm³/mol. The smallest absolute Gasteiger partial charge is 0.258 e. The minimum Gasteiger partial charge on any atom is -0.258 e. The van der Waals surface area contributed by atoms with Crippen LogP contribution in [0.25, 0.3) is 0 Å². The lowest BCUT2D eigenvalue weighted by atomic mass is 10.2. The van der Waals surface area contributed by atoms with Gasteiger partial charge in [-0.25, -0.2) is 4.98 Å². The van der Waals surface area contributed by atoms with E-state index < -0.39 is 4.92 Å². The largest absolute Gasteiger partial charge is 0.287 e. The van der Waals surface area contributed by atoms with Crippen molar-refractivity contribution >= 4 is 33.4 Å². The molecule has 0 radical (unpaired) electrons. The number of pyridine rings is 1. The Balaban J connectivity index is 2.00. The number of benzene rings is 1. The Kier molecular flexibility index (Phi) is 4.33. The normalized spacial score (nSPS) is 10.3. The van der Waals surface area contributed by atoms with E-state index >= 15 is 0 Å². The quantitative estimate of drug-likeness (QED) is 0.483. The second-order valence-electron chi connectivity index (χ2n) is 3.53. The van der Waals surface area contributed by atoms with Crippen molar-refractivity contribution in [2.24, 2.45) is 0 Å². The second-order valence-corrected chi connectivity index (χ2v) is 5.44. The van der Waals surface area contributed by atoms with E-state index in [0.29, 0.717) is 0 Å². The highest BCUT2D eigenvalue weighted by Gasteiger charge is 2.05. The van der Waals surface area contributed by atoms with Crippen LogP contribution in [0, 0.1) is 10.1 Å². The summed E-state index contributed by atoms with van der Waals surface area (Å²) in [7, 11) is 0. The molecule has 0 spiro atoms. The van der Waals surface area contributed by atoms with Crippen LogP contribution < -0.4 is 0 Å². The van der Waals surface area contributed by atoms with Gasteiger partial charge in [-0.2, -0.15) is 0 Å². The van der Waals surface area contributed by atoms with Crippen molar-refractivity contribution in [3.8, 4) is 0 Å². The maximum absolute atomic E-state index is 10.5. The average Bonchev–Trinajstić information content (AvgIpc) is 2.37. The van der Waals surface area contributed by atoms with Gasteiger partial charge in [-0.15, -0.1) is 11.8 Å². The molecule has 18 heavy (non-hydrogen) atoms. The fourth-order valence-corrected chi connectivity index (χ4v) is 2.58. The molecule has 0 aliphatic carbocycles. The molecule has 4 nitrogen and oxygen atoms in total. The molecule has 0 amide bonds. The van der Waals surface area contributed by atoms with Crippen molar-refractivity contribution in [2.45, 2.75) is 10.8 Å². The van der Waals surface area contributed by atoms with E-state index in [2.05, 4.69) is 20.9 Å². The maximum atomic E-state index is 10.5. The molecule has 0 atom stereocenters. The highest BCUT2D eigenvalue weighted by molar-refractivity contribution is 9.10. The zero-order valence-corrected chi connectivity index (χ0v) is 11.6. The molecule has 2 rings (SSSR count). The molecule has 0 aliphatic heterocycles. The molecular formula is C12H9BrN2O2S. The lowest BCUT2D eigenvalue weighted by molar-refractivity contribution is -0.385. The van der Waals surface area contributed by atoms with Crippen LogP contribution in [0.2, 0.25) is 0 Å². The van der Waals surface area contributed by atoms with Crippen LogP contribution in [0.15, 0.2) is 52.1 Å². The molecule has 6 heteroatoms. The van der Waals surface area contributed by atoms with Crippen LogP contribution >= 0.6 is 27.7 Å². The van der Waals surface area contributed by atoms with Crippen LogP contribution in [0.3, 0.4) is 0 Å². The molecule has 0 saturated heterocycles. The summed E-state index contributed by atoms with van der Waals surface area (Å²) < 4.78 is 1.04. The van der Waals surface area contributed by atoms with Gasteiger partial charge in [0.15, 0.2) is 0 Å². The van der Waals surface area contributed by atoms with Gasteiger partial charge >= 0.3 is 0 Å². The summed E-state index contributed by atoms with van der Waals surface area (Å²) in [5, 5.41) is 11.3. The summed E-state index contributed by atoms with van der Waals surface area (Å²) in [6.45, 7) is 0. The molecule has 1 aromatic carbocycles. The zero-order valence-electron chi connectivity index (χ0n) is 9.25. The SMILES string of the molecule is O=[N+]([O-])c1ccc(SCc2cccc(Br)c2)nc1. The number of nitro groups is 1. The number of nitrogens with zero attached hydrogens (tertiary/aromatic N) is 2. The summed E-state index contributed by atoms with van der Waals surface area (Å²) >= 11 is 4.96. The fraction of sp³-hybridized carbons (Fsp3) is 0.0833. The molecule has 92 valence electrons. The fourth-order valence-electron chi connectivity index (χ4n) is 1.35. The monoisotopic (exact) mass is 324 g/mol. The topological polar surface area (TPSA) is 56.0 Å². The number of thioether (sulfide) groups is 1. The number of aromatic nitrogens is 1. The van der Waals surface area contributed by atoms with E-state index in [-0.39, 0.29) is 5.69 Å². The van der Waals surface area contributed by atoms with E-state index in [1.807, 2.05) is 24.3 Å². The van der Waals surface area contributed by atoms with E-state index in [1.165, 1.54) is 17.8 Å². The molecule has 0 N–H and O–H groups in total. The Morgan fingerprint density at radius 1 is 1.33 bits per heavy atom. The highest BCUT2D eigenvalue weighted by Crippen LogP contribution is 2.23. The third-order valence-electron chi connectivity index (χ3n) is 2.21. The van der Waals surface area contributed by atoms with Crippen molar-refractivity contribution in [3.05, 3.63) is 62.7 Å². The first-order valence-corrected chi connectivity index (χ1v) is 6.91. The van der Waals surface area contributed by atoms with Gasteiger partial charge in [-0.1, -0.05) is 28.1 Å². The van der Waals surface area contributed by atoms with Gasteiger partial charge in [0.25, 0.3) is 5.69 Å². The first-order valence-electron chi connectivity index (χ1n) is 5.13. The highest BCUT2D eigenvalue weighted by atomic mass is 79.9. The lowest BCUT2D eigenvalue weighted by Gasteiger charge is -2.01. The van der Waals surface area contributed by atoms with Crippen LogP contribution in [0.1, 0.15) is 5.56 Å². The van der Waals surface area contributed by atoms with E-state index in [4.69, 9.17) is 0 Å². The molecule has 0 aliphatic rings. The average molecular weight is 325 g/mol. The minimum absolute atomic E-state index is 0.0156. The summed E-state index contributed by atoms with van der Waals surface area (Å²) in [4.78, 5) is 14.1. The van der Waals surface area contributed by atoms with Gasteiger partial charge in [-0.05, 0) is 23.8 Å². The molecule has 0 bridgehead atoms. The molecule has 0 fully saturated rings. The second kappa shape index (κ2) is 5.97. The van der Waals surface area contributed by atoms with Crippen molar-refractivity contribution in [3.63, 3.8) is 0 Å². The number of rotatable bonds is 4. The molecule has 0 unspecified atom stereocenters. The first-order chi connectivity index (χ1) is 8.65. The summed E-state index contributed by atoms with van der Waals surface area (Å²) in [5.41, 5.74) is 1.19. The standard InChI is InChI=1S/C12H9BrN2O2S/c13-10-3-1-2-9(6-10)8-18-12-5-4-11(7-14-12)15(16)17/h1-7H,8H2. The summed E-state index contributed by atoms with van der Waals surface area (Å²) in [6, 6.07) is 11.2. The maximum Gasteiger partial charge on any atom is 0.287 e. The molecular weight excluding hydrogens is 316 g/mol. The Morgan fingerprint density at radius 3 is 2.78 bits per heavy atom. The number of hydrogen-bond acceptors (Lipinski definition) is 4. The van der Waals surface area contributed by atoms with Crippen molar-refractivity contribution in [1.82, 2.24) is 4.98 Å². The van der Waals surface area contributed by atoms with Gasteiger partial charge in [0.1, 0.15) is 6.20 Å². The molecule has 2 aromatic rings. The van der Waals surface area contributed by atoms with Crippen LogP contribution in [0.4, 0.5) is 5.69 Å². The zero-order chi connectivity index (χ0) is 13.0. The Hall–Kier alpha value is -1.40. The van der Waals surface area contributed by atoms with Crippen LogP contribution in [-0.4, -0.2) is 9.91 Å². The first kappa shape index (κ1) is 13.0. The Labute approximate surface area is 117 Å². The van der Waals surface area contributed by atoms with Gasteiger partial charge in [0, 0.05) is 16.3 Å². The van der Waals surface area contributed by atoms with E-state index in [1.54, 1.807) is 17.8 Å². The van der Waals surface area contributed by atoms with Crippen molar-refractivity contribution in [2.75, 3.05) is 0 Å². The lowest BCUT2D eigenvalue weighted by Crippen LogP contribution is -1.89. The summed E-state index contributed by atoms with van der Waals surface area (Å²) in [6.07, 6.45) is 1.28. The van der Waals surface area contributed by atoms with Gasteiger partial charge < -0.3 is 0 Å². The molecule has 1 aromatic heterocycles. The van der Waals surface area contributed by atoms with Crippen LogP contribution in [0.5, 0.6) is 0 Å². The predicted octanol–water partition coefficient (Wildman–Crippen LogP) is 4.04. The Morgan fingerprint density at radius 2 is 2.17 bits per heavy atom. The third kappa shape index (κ3) is 3.54. The van der Waals surface area contributed by atoms with E-state index in [9.17, 15) is 10.1 Å². The minimum atomic E-state index is -0.449. The summed E-state index contributed by atoms with van der Waals surface area (Å²) in [5.74, 6) is 0.782. The number of hydrogen-bond donors (Lipinski definition) is 0. The van der Waals surface area contributed by atoms with Crippen molar-refractivity contribution < 1.29 is 4.92 Å². The number of halogens is 1. The van der Waals surface area contributed by atoms with Gasteiger partial charge in [-0.3, -0.25) is 10.1 Å². The van der Waals surface area contributed by atoms with Crippen molar-refractivity contribution in [1.29, 1.82) is 0 Å². The van der Waals surface area contributed by atoms with Gasteiger partial charge in [0.2, 0.25) is 0 Å². The third-order valence-corrected chi connectivity index (χ3v) is 3.72. The Bertz CT molecular complexity index is 560. The van der Waals surface area contributed by atoms with E-state index in [0.717, 1.165) is 15.3 Å². The molecule has 1 heterocycles. The van der Waals surface area contributed by atoms with Gasteiger partial charge in [0.05, 0.1) is 9.95 Å².